The number of hydrogen-bond acceptors (Lipinski definition) is 4. The summed E-state index contributed by atoms with van der Waals surface area (Å²) in [6.45, 7) is 12.4. The lowest BCUT2D eigenvalue weighted by molar-refractivity contribution is -0.991. The van der Waals surface area contributed by atoms with Crippen LogP contribution in [0, 0.1) is 51.5 Å². The first-order chi connectivity index (χ1) is 18.5. The van der Waals surface area contributed by atoms with Gasteiger partial charge in [0.15, 0.2) is 5.69 Å². The highest BCUT2D eigenvalue weighted by Gasteiger charge is 2.59. The SMILES string of the molecule is CC(C)CCCC(C)C1CCC2C3CC=C4CC(OC(=O)c5cccc([NH+]([O-])O)c5)CCC4(C)C3CCC12C. The molecule has 0 aliphatic heterocycles. The van der Waals surface area contributed by atoms with Gasteiger partial charge in [-0.15, -0.1) is 0 Å². The number of benzene rings is 1. The third kappa shape index (κ3) is 5.48. The van der Waals surface area contributed by atoms with E-state index in [9.17, 15) is 15.2 Å². The van der Waals surface area contributed by atoms with Crippen LogP contribution in [0.15, 0.2) is 35.9 Å². The van der Waals surface area contributed by atoms with Crippen LogP contribution in [0.25, 0.3) is 0 Å². The Kier molecular flexibility index (Phi) is 8.35. The van der Waals surface area contributed by atoms with Gasteiger partial charge in [-0.2, -0.15) is 5.23 Å². The molecule has 1 aromatic rings. The fraction of sp³-hybridized carbons (Fsp3) is 0.735. The summed E-state index contributed by atoms with van der Waals surface area (Å²) in [7, 11) is 0. The highest BCUT2D eigenvalue weighted by Crippen LogP contribution is 2.67. The summed E-state index contributed by atoms with van der Waals surface area (Å²) in [6, 6.07) is 6.18. The number of rotatable bonds is 8. The van der Waals surface area contributed by atoms with Crippen LogP contribution in [0.4, 0.5) is 5.69 Å². The molecule has 0 saturated heterocycles. The molecule has 3 saturated carbocycles. The van der Waals surface area contributed by atoms with Gasteiger partial charge in [0.05, 0.1) is 5.56 Å². The highest BCUT2D eigenvalue weighted by atomic mass is 16.8. The molecule has 4 aliphatic rings. The average molecular weight is 538 g/mol. The highest BCUT2D eigenvalue weighted by molar-refractivity contribution is 5.90. The molecular formula is C34H51NO4. The molecule has 0 bridgehead atoms. The fourth-order valence-corrected chi connectivity index (χ4v) is 9.75. The number of quaternary nitrogens is 1. The second-order valence-electron chi connectivity index (χ2n) is 14.4. The molecule has 5 heteroatoms. The Bertz CT molecular complexity index is 1070. The van der Waals surface area contributed by atoms with Crippen LogP contribution in [0.1, 0.15) is 116 Å². The Labute approximate surface area is 235 Å². The van der Waals surface area contributed by atoms with Crippen molar-refractivity contribution in [1.29, 1.82) is 0 Å². The van der Waals surface area contributed by atoms with Crippen molar-refractivity contribution in [2.24, 2.45) is 46.3 Å². The second-order valence-corrected chi connectivity index (χ2v) is 14.4. The number of fused-ring (bicyclic) bond motifs is 5. The number of carbonyl (C=O) groups is 1. The smallest absolute Gasteiger partial charge is 0.338 e. The number of ether oxygens (including phenoxy) is 1. The summed E-state index contributed by atoms with van der Waals surface area (Å²) in [6.07, 6.45) is 16.1. The van der Waals surface area contributed by atoms with Gasteiger partial charge in [-0.3, -0.25) is 0 Å². The molecule has 9 atom stereocenters. The van der Waals surface area contributed by atoms with E-state index in [-0.39, 0.29) is 17.2 Å². The molecule has 39 heavy (non-hydrogen) atoms. The van der Waals surface area contributed by atoms with Crippen molar-refractivity contribution in [3.8, 4) is 0 Å². The van der Waals surface area contributed by atoms with Crippen LogP contribution in [0.2, 0.25) is 0 Å². The first-order valence-corrected chi connectivity index (χ1v) is 15.8. The van der Waals surface area contributed by atoms with E-state index in [2.05, 4.69) is 40.7 Å². The molecule has 0 amide bonds. The maximum atomic E-state index is 12.9. The van der Waals surface area contributed by atoms with E-state index in [1.807, 2.05) is 0 Å². The lowest BCUT2D eigenvalue weighted by Gasteiger charge is -2.58. The van der Waals surface area contributed by atoms with Gasteiger partial charge in [-0.05, 0) is 97.3 Å². The zero-order valence-corrected chi connectivity index (χ0v) is 24.9. The van der Waals surface area contributed by atoms with E-state index in [4.69, 9.17) is 4.74 Å². The molecule has 2 N–H and O–H groups in total. The Morgan fingerprint density at radius 3 is 2.64 bits per heavy atom. The summed E-state index contributed by atoms with van der Waals surface area (Å²) in [5.74, 6) is 4.50. The molecule has 0 spiro atoms. The van der Waals surface area contributed by atoms with Gasteiger partial charge in [0.1, 0.15) is 6.10 Å². The van der Waals surface area contributed by atoms with E-state index in [0.717, 1.165) is 54.8 Å². The minimum Gasteiger partial charge on any atom is -0.595 e. The van der Waals surface area contributed by atoms with Crippen molar-refractivity contribution in [2.45, 2.75) is 111 Å². The zero-order chi connectivity index (χ0) is 27.9. The molecule has 0 aromatic heterocycles. The quantitative estimate of drug-likeness (QED) is 0.203. The van der Waals surface area contributed by atoms with Gasteiger partial charge >= 0.3 is 5.97 Å². The summed E-state index contributed by atoms with van der Waals surface area (Å²) in [5, 5.41) is 19.6. The van der Waals surface area contributed by atoms with Gasteiger partial charge in [0, 0.05) is 18.6 Å². The van der Waals surface area contributed by atoms with Crippen LogP contribution < -0.4 is 5.23 Å². The van der Waals surface area contributed by atoms with E-state index in [1.165, 1.54) is 69.1 Å². The molecule has 3 fully saturated rings. The van der Waals surface area contributed by atoms with Crippen LogP contribution >= 0.6 is 0 Å². The minimum atomic E-state index is -1.03. The van der Waals surface area contributed by atoms with E-state index in [1.54, 1.807) is 12.1 Å². The number of hydrogen-bond donors (Lipinski definition) is 2. The monoisotopic (exact) mass is 537 g/mol. The Morgan fingerprint density at radius 1 is 1.10 bits per heavy atom. The molecule has 0 radical (unpaired) electrons. The number of carbonyl (C=O) groups excluding carboxylic acids is 1. The minimum absolute atomic E-state index is 0.116. The van der Waals surface area contributed by atoms with Crippen molar-refractivity contribution in [2.75, 3.05) is 0 Å². The standard InChI is InChI=1S/C34H51NO4/c1-22(2)8-6-9-23(3)29-14-15-30-28-13-12-25-21-27(16-18-33(25,4)31(28)17-19-34(29,30)5)39-32(36)24-10-7-11-26(20-24)35(37)38/h7,10-12,20,22-23,27-31,35,37H,6,8-9,13-19,21H2,1-5H3. The van der Waals surface area contributed by atoms with Crippen molar-refractivity contribution >= 4 is 11.7 Å². The molecule has 0 heterocycles. The Balaban J connectivity index is 1.24. The maximum absolute atomic E-state index is 12.9. The summed E-state index contributed by atoms with van der Waals surface area (Å²) in [4.78, 5) is 12.9. The van der Waals surface area contributed by atoms with E-state index < -0.39 is 11.2 Å². The molecule has 4 aliphatic carbocycles. The molecule has 1 aromatic carbocycles. The first kappa shape index (κ1) is 28.8. The third-order valence-corrected chi connectivity index (χ3v) is 11.9. The fourth-order valence-electron chi connectivity index (χ4n) is 9.75. The average Bonchev–Trinajstić information content (AvgIpc) is 3.26. The summed E-state index contributed by atoms with van der Waals surface area (Å²) in [5.41, 5.74) is 2.66. The van der Waals surface area contributed by atoms with Crippen LogP contribution in [-0.4, -0.2) is 17.3 Å². The van der Waals surface area contributed by atoms with Gasteiger partial charge in [-0.1, -0.05) is 71.6 Å². The molecule has 216 valence electrons. The third-order valence-electron chi connectivity index (χ3n) is 11.9. The molecule has 5 rings (SSSR count). The largest absolute Gasteiger partial charge is 0.595 e. The predicted octanol–water partition coefficient (Wildman–Crippen LogP) is 7.66. The lowest BCUT2D eigenvalue weighted by Crippen LogP contribution is -2.99. The van der Waals surface area contributed by atoms with Crippen molar-refractivity contribution in [3.05, 3.63) is 46.7 Å². The van der Waals surface area contributed by atoms with Gasteiger partial charge < -0.3 is 9.94 Å². The van der Waals surface area contributed by atoms with Gasteiger partial charge in [-0.25, -0.2) is 10.0 Å². The first-order valence-electron chi connectivity index (χ1n) is 15.8. The van der Waals surface area contributed by atoms with Crippen molar-refractivity contribution in [3.63, 3.8) is 0 Å². The van der Waals surface area contributed by atoms with Crippen LogP contribution in [-0.2, 0) is 4.74 Å². The summed E-state index contributed by atoms with van der Waals surface area (Å²) >= 11 is 0. The number of allylic oxidation sites excluding steroid dienone is 1. The predicted molar refractivity (Wildman–Crippen MR) is 154 cm³/mol. The van der Waals surface area contributed by atoms with E-state index >= 15 is 0 Å². The number of esters is 1. The molecular weight excluding hydrogens is 486 g/mol. The van der Waals surface area contributed by atoms with Crippen molar-refractivity contribution < 1.29 is 20.0 Å². The van der Waals surface area contributed by atoms with Crippen LogP contribution in [0.5, 0.6) is 0 Å². The molecule has 5 nitrogen and oxygen atoms in total. The molecule has 9 unspecified atom stereocenters. The maximum Gasteiger partial charge on any atom is 0.338 e. The number of nitrogens with one attached hydrogen (secondary N) is 1. The van der Waals surface area contributed by atoms with Gasteiger partial charge in [0.2, 0.25) is 0 Å². The van der Waals surface area contributed by atoms with Gasteiger partial charge in [0.25, 0.3) is 0 Å². The zero-order valence-electron chi connectivity index (χ0n) is 24.9. The second kappa shape index (κ2) is 11.3. The van der Waals surface area contributed by atoms with E-state index in [0.29, 0.717) is 11.0 Å². The Morgan fingerprint density at radius 2 is 1.90 bits per heavy atom. The normalized spacial score (nSPS) is 37.3. The van der Waals surface area contributed by atoms with Crippen LogP contribution in [0.3, 0.4) is 0 Å². The topological polar surface area (TPSA) is 74.0 Å². The Hall–Kier alpha value is -1.69. The van der Waals surface area contributed by atoms with Crippen molar-refractivity contribution in [1.82, 2.24) is 0 Å². The lowest BCUT2D eigenvalue weighted by atomic mass is 9.47. The summed E-state index contributed by atoms with van der Waals surface area (Å²) < 4.78 is 5.94.